The smallest absolute Gasteiger partial charge is 0.253 e. The zero-order valence-electron chi connectivity index (χ0n) is 9.65. The lowest BCUT2D eigenvalue weighted by molar-refractivity contribution is 0.0789. The van der Waals surface area contributed by atoms with Crippen LogP contribution >= 0.6 is 35.0 Å². The van der Waals surface area contributed by atoms with Gasteiger partial charge >= 0.3 is 0 Å². The Balaban J connectivity index is 0.00000144. The van der Waals surface area contributed by atoms with Crippen molar-refractivity contribution in [2.45, 2.75) is 12.5 Å². The van der Waals surface area contributed by atoms with E-state index in [4.69, 9.17) is 0 Å². The van der Waals surface area contributed by atoms with Crippen molar-refractivity contribution >= 4 is 40.9 Å². The SMILES string of the molecule is CNC1CCN(C(=O)c2ccc(I)cc2)C1.Cl. The Hall–Kier alpha value is -0.330. The minimum Gasteiger partial charge on any atom is -0.337 e. The van der Waals surface area contributed by atoms with E-state index in [1.165, 1.54) is 0 Å². The minimum absolute atomic E-state index is 0. The Morgan fingerprint density at radius 3 is 2.59 bits per heavy atom. The summed E-state index contributed by atoms with van der Waals surface area (Å²) in [6, 6.07) is 8.19. The van der Waals surface area contributed by atoms with E-state index in [-0.39, 0.29) is 18.3 Å². The molecule has 1 fully saturated rings. The van der Waals surface area contributed by atoms with E-state index in [1.54, 1.807) is 0 Å². The second-order valence-corrected chi connectivity index (χ2v) is 5.28. The Kier molecular flexibility index (Phi) is 5.69. The molecule has 1 unspecified atom stereocenters. The molecule has 94 valence electrons. The number of hydrogen-bond acceptors (Lipinski definition) is 2. The Morgan fingerprint density at radius 2 is 2.06 bits per heavy atom. The van der Waals surface area contributed by atoms with Crippen LogP contribution in [0.4, 0.5) is 0 Å². The minimum atomic E-state index is 0. The predicted octanol–water partition coefficient (Wildman–Crippen LogP) is 2.15. The third-order valence-electron chi connectivity index (χ3n) is 2.97. The third kappa shape index (κ3) is 3.56. The summed E-state index contributed by atoms with van der Waals surface area (Å²) in [4.78, 5) is 14.0. The standard InChI is InChI=1S/C12H15IN2O.ClH/c1-14-11-6-7-15(8-11)12(16)9-2-4-10(13)5-3-9;/h2-5,11,14H,6-8H2,1H3;1H. The molecule has 0 radical (unpaired) electrons. The first-order valence-corrected chi connectivity index (χ1v) is 6.50. The number of amides is 1. The molecule has 2 rings (SSSR count). The van der Waals surface area contributed by atoms with Crippen LogP contribution in [0, 0.1) is 3.57 Å². The van der Waals surface area contributed by atoms with E-state index in [1.807, 2.05) is 36.2 Å². The first kappa shape index (κ1) is 14.7. The highest BCUT2D eigenvalue weighted by molar-refractivity contribution is 14.1. The Morgan fingerprint density at radius 1 is 1.41 bits per heavy atom. The van der Waals surface area contributed by atoms with Crippen molar-refractivity contribution in [1.29, 1.82) is 0 Å². The van der Waals surface area contributed by atoms with Crippen LogP contribution in [0.3, 0.4) is 0 Å². The Bertz CT molecular complexity index is 383. The van der Waals surface area contributed by atoms with Crippen LogP contribution in [0.1, 0.15) is 16.8 Å². The number of carbonyl (C=O) groups excluding carboxylic acids is 1. The van der Waals surface area contributed by atoms with Crippen LogP contribution < -0.4 is 5.32 Å². The lowest BCUT2D eigenvalue weighted by Gasteiger charge is -2.16. The fraction of sp³-hybridized carbons (Fsp3) is 0.417. The summed E-state index contributed by atoms with van der Waals surface area (Å²) in [7, 11) is 1.95. The monoisotopic (exact) mass is 366 g/mol. The van der Waals surface area contributed by atoms with Crippen LogP contribution in [0.25, 0.3) is 0 Å². The van der Waals surface area contributed by atoms with Gasteiger partial charge < -0.3 is 10.2 Å². The molecule has 0 spiro atoms. The lowest BCUT2D eigenvalue weighted by atomic mass is 10.2. The van der Waals surface area contributed by atoms with E-state index in [9.17, 15) is 4.79 Å². The van der Waals surface area contributed by atoms with E-state index in [0.29, 0.717) is 6.04 Å². The molecule has 17 heavy (non-hydrogen) atoms. The van der Waals surface area contributed by atoms with Gasteiger partial charge in [0.2, 0.25) is 0 Å². The number of nitrogens with one attached hydrogen (secondary N) is 1. The fourth-order valence-corrected chi connectivity index (χ4v) is 2.31. The maximum Gasteiger partial charge on any atom is 0.253 e. The first-order chi connectivity index (χ1) is 7.70. The molecule has 0 saturated carbocycles. The number of carbonyl (C=O) groups is 1. The van der Waals surface area contributed by atoms with Gasteiger partial charge in [-0.05, 0) is 60.3 Å². The summed E-state index contributed by atoms with van der Waals surface area (Å²) in [6.07, 6.45) is 1.05. The van der Waals surface area contributed by atoms with E-state index in [0.717, 1.165) is 28.6 Å². The topological polar surface area (TPSA) is 32.3 Å². The molecule has 0 aromatic heterocycles. The number of likely N-dealkylation sites (tertiary alicyclic amines) is 1. The summed E-state index contributed by atoms with van der Waals surface area (Å²) in [5, 5.41) is 3.21. The second kappa shape index (κ2) is 6.56. The molecular formula is C12H16ClIN2O. The largest absolute Gasteiger partial charge is 0.337 e. The predicted molar refractivity (Wildman–Crippen MR) is 79.8 cm³/mol. The summed E-state index contributed by atoms with van der Waals surface area (Å²) in [5.41, 5.74) is 0.789. The van der Waals surface area contributed by atoms with E-state index < -0.39 is 0 Å². The van der Waals surface area contributed by atoms with Gasteiger partial charge in [0.15, 0.2) is 0 Å². The normalized spacial score (nSPS) is 18.9. The fourth-order valence-electron chi connectivity index (χ4n) is 1.96. The van der Waals surface area contributed by atoms with E-state index >= 15 is 0 Å². The third-order valence-corrected chi connectivity index (χ3v) is 3.69. The zero-order chi connectivity index (χ0) is 11.5. The molecule has 1 aliphatic heterocycles. The maximum atomic E-state index is 12.1. The van der Waals surface area contributed by atoms with E-state index in [2.05, 4.69) is 27.9 Å². The molecule has 1 amide bonds. The van der Waals surface area contributed by atoms with Crippen LogP contribution in [-0.2, 0) is 0 Å². The highest BCUT2D eigenvalue weighted by Gasteiger charge is 2.25. The number of rotatable bonds is 2. The molecule has 0 bridgehead atoms. The molecule has 1 aromatic rings. The molecule has 1 atom stereocenters. The van der Waals surface area contributed by atoms with Gasteiger partial charge in [-0.2, -0.15) is 0 Å². The van der Waals surface area contributed by atoms with Crippen LogP contribution in [0.5, 0.6) is 0 Å². The van der Waals surface area contributed by atoms with Gasteiger partial charge in [-0.3, -0.25) is 4.79 Å². The van der Waals surface area contributed by atoms with Gasteiger partial charge in [0, 0.05) is 28.3 Å². The summed E-state index contributed by atoms with van der Waals surface area (Å²) in [5.74, 6) is 0.147. The van der Waals surface area contributed by atoms with Gasteiger partial charge in [0.05, 0.1) is 0 Å². The molecule has 1 N–H and O–H groups in total. The molecule has 5 heteroatoms. The van der Waals surface area contributed by atoms with Gasteiger partial charge in [-0.1, -0.05) is 0 Å². The molecule has 3 nitrogen and oxygen atoms in total. The molecule has 0 aliphatic carbocycles. The number of nitrogens with zero attached hydrogens (tertiary/aromatic N) is 1. The van der Waals surface area contributed by atoms with Crippen LogP contribution in [0.2, 0.25) is 0 Å². The summed E-state index contributed by atoms with van der Waals surface area (Å²) < 4.78 is 1.16. The zero-order valence-corrected chi connectivity index (χ0v) is 12.6. The van der Waals surface area contributed by atoms with Crippen molar-refractivity contribution < 1.29 is 4.79 Å². The van der Waals surface area contributed by atoms with Crippen molar-refractivity contribution in [3.05, 3.63) is 33.4 Å². The van der Waals surface area contributed by atoms with Gasteiger partial charge in [0.25, 0.3) is 5.91 Å². The number of halogens is 2. The highest BCUT2D eigenvalue weighted by atomic mass is 127. The molecular weight excluding hydrogens is 351 g/mol. The van der Waals surface area contributed by atoms with Gasteiger partial charge in [-0.15, -0.1) is 12.4 Å². The lowest BCUT2D eigenvalue weighted by Crippen LogP contribution is -2.33. The van der Waals surface area contributed by atoms with Crippen molar-refractivity contribution in [1.82, 2.24) is 10.2 Å². The Labute approximate surface area is 122 Å². The second-order valence-electron chi connectivity index (χ2n) is 4.03. The first-order valence-electron chi connectivity index (χ1n) is 5.43. The summed E-state index contributed by atoms with van der Waals surface area (Å²) >= 11 is 2.24. The molecule has 1 saturated heterocycles. The average molecular weight is 367 g/mol. The maximum absolute atomic E-state index is 12.1. The average Bonchev–Trinajstić information content (AvgIpc) is 2.77. The van der Waals surface area contributed by atoms with Gasteiger partial charge in [-0.25, -0.2) is 0 Å². The number of hydrogen-bond donors (Lipinski definition) is 1. The van der Waals surface area contributed by atoms with Crippen molar-refractivity contribution in [2.75, 3.05) is 20.1 Å². The highest BCUT2D eigenvalue weighted by Crippen LogP contribution is 2.14. The number of likely N-dealkylation sites (N-methyl/N-ethyl adjacent to an activating group) is 1. The molecule has 1 aromatic carbocycles. The molecule has 1 aliphatic rings. The van der Waals surface area contributed by atoms with Crippen molar-refractivity contribution in [3.8, 4) is 0 Å². The van der Waals surface area contributed by atoms with Gasteiger partial charge in [0.1, 0.15) is 0 Å². The van der Waals surface area contributed by atoms with Crippen LogP contribution in [-0.4, -0.2) is 37.0 Å². The number of benzene rings is 1. The summed E-state index contributed by atoms with van der Waals surface area (Å²) in [6.45, 7) is 1.68. The quantitative estimate of drug-likeness (QED) is 0.814. The van der Waals surface area contributed by atoms with Crippen molar-refractivity contribution in [3.63, 3.8) is 0 Å². The van der Waals surface area contributed by atoms with Crippen LogP contribution in [0.15, 0.2) is 24.3 Å². The van der Waals surface area contributed by atoms with Crippen molar-refractivity contribution in [2.24, 2.45) is 0 Å². The molecule has 1 heterocycles.